The molecule has 0 saturated carbocycles. The van der Waals surface area contributed by atoms with Crippen LogP contribution in [0, 0.1) is 0 Å². The summed E-state index contributed by atoms with van der Waals surface area (Å²) in [6.07, 6.45) is 2.81. The maximum absolute atomic E-state index is 5.80. The van der Waals surface area contributed by atoms with Gasteiger partial charge < -0.3 is 10.1 Å². The van der Waals surface area contributed by atoms with E-state index in [9.17, 15) is 0 Å². The molecule has 3 rings (SSSR count). The van der Waals surface area contributed by atoms with Crippen molar-refractivity contribution in [3.8, 4) is 11.3 Å². The molecule has 1 atom stereocenters. The number of benzene rings is 1. The molecule has 2 aromatic rings. The summed E-state index contributed by atoms with van der Waals surface area (Å²) < 4.78 is 5.80. The van der Waals surface area contributed by atoms with E-state index in [-0.39, 0.29) is 18.5 Å². The second-order valence-electron chi connectivity index (χ2n) is 4.69. The highest BCUT2D eigenvalue weighted by atomic mass is 35.5. The molecule has 5 heteroatoms. The standard InChI is InChI=1S/C15H17N3O.ClH/c1-16-10-15-13-5-4-12(9-11(13)6-8-19-15)14-3-2-7-17-18-14;/h2-5,7,9,15-16H,6,8,10H2,1H3;1H/t15-;/m1./s1. The highest BCUT2D eigenvalue weighted by Crippen LogP contribution is 2.29. The van der Waals surface area contributed by atoms with Crippen molar-refractivity contribution in [3.05, 3.63) is 47.7 Å². The van der Waals surface area contributed by atoms with Crippen LogP contribution in [0.2, 0.25) is 0 Å². The number of hydrogen-bond donors (Lipinski definition) is 1. The van der Waals surface area contributed by atoms with Crippen LogP contribution in [0.5, 0.6) is 0 Å². The van der Waals surface area contributed by atoms with Crippen LogP contribution in [-0.2, 0) is 11.2 Å². The largest absolute Gasteiger partial charge is 0.372 e. The molecule has 4 nitrogen and oxygen atoms in total. The van der Waals surface area contributed by atoms with Crippen molar-refractivity contribution in [1.82, 2.24) is 15.5 Å². The third-order valence-electron chi connectivity index (χ3n) is 3.44. The molecule has 1 aromatic carbocycles. The van der Waals surface area contributed by atoms with Crippen molar-refractivity contribution in [2.24, 2.45) is 0 Å². The molecule has 0 aliphatic carbocycles. The fraction of sp³-hybridized carbons (Fsp3) is 0.333. The van der Waals surface area contributed by atoms with E-state index in [4.69, 9.17) is 4.74 Å². The van der Waals surface area contributed by atoms with Gasteiger partial charge in [-0.25, -0.2) is 0 Å². The first-order chi connectivity index (χ1) is 9.38. The fourth-order valence-corrected chi connectivity index (χ4v) is 2.51. The van der Waals surface area contributed by atoms with E-state index >= 15 is 0 Å². The molecule has 0 fully saturated rings. The quantitative estimate of drug-likeness (QED) is 0.943. The molecular formula is C15H18ClN3O. The monoisotopic (exact) mass is 291 g/mol. The predicted molar refractivity (Wildman–Crippen MR) is 81.0 cm³/mol. The number of fused-ring (bicyclic) bond motifs is 1. The molecule has 0 bridgehead atoms. The van der Waals surface area contributed by atoms with Gasteiger partial charge in [0.05, 0.1) is 18.4 Å². The second kappa shape index (κ2) is 6.79. The Bertz CT molecular complexity index is 562. The lowest BCUT2D eigenvalue weighted by Crippen LogP contribution is -2.25. The van der Waals surface area contributed by atoms with Crippen molar-refractivity contribution in [1.29, 1.82) is 0 Å². The third kappa shape index (κ3) is 2.98. The van der Waals surface area contributed by atoms with Gasteiger partial charge in [-0.05, 0) is 42.8 Å². The van der Waals surface area contributed by atoms with Crippen LogP contribution >= 0.6 is 12.4 Å². The van der Waals surface area contributed by atoms with Crippen molar-refractivity contribution in [2.45, 2.75) is 12.5 Å². The Kier molecular flexibility index (Phi) is 5.06. The number of ether oxygens (including phenoxy) is 1. The zero-order valence-electron chi connectivity index (χ0n) is 11.4. The number of nitrogens with zero attached hydrogens (tertiary/aromatic N) is 2. The van der Waals surface area contributed by atoms with E-state index in [1.807, 2.05) is 19.2 Å². The van der Waals surface area contributed by atoms with Gasteiger partial charge in [-0.3, -0.25) is 0 Å². The van der Waals surface area contributed by atoms with Crippen molar-refractivity contribution in [2.75, 3.05) is 20.2 Å². The maximum Gasteiger partial charge on any atom is 0.0951 e. The van der Waals surface area contributed by atoms with Crippen LogP contribution in [0.25, 0.3) is 11.3 Å². The van der Waals surface area contributed by atoms with Crippen LogP contribution in [-0.4, -0.2) is 30.4 Å². The Labute approximate surface area is 125 Å². The Balaban J connectivity index is 0.00000147. The highest BCUT2D eigenvalue weighted by Gasteiger charge is 2.20. The van der Waals surface area contributed by atoms with Gasteiger partial charge in [-0.2, -0.15) is 10.2 Å². The second-order valence-corrected chi connectivity index (χ2v) is 4.69. The minimum absolute atomic E-state index is 0. The average Bonchev–Trinajstić information content (AvgIpc) is 2.48. The van der Waals surface area contributed by atoms with E-state index in [2.05, 4.69) is 33.7 Å². The summed E-state index contributed by atoms with van der Waals surface area (Å²) >= 11 is 0. The summed E-state index contributed by atoms with van der Waals surface area (Å²) in [4.78, 5) is 0. The molecule has 0 amide bonds. The Hall–Kier alpha value is -1.49. The molecule has 0 unspecified atom stereocenters. The Morgan fingerprint density at radius 3 is 3.00 bits per heavy atom. The number of aromatic nitrogens is 2. The van der Waals surface area contributed by atoms with Crippen LogP contribution < -0.4 is 5.32 Å². The maximum atomic E-state index is 5.80. The van der Waals surface area contributed by atoms with Gasteiger partial charge in [0.1, 0.15) is 0 Å². The predicted octanol–water partition coefficient (Wildman–Crippen LogP) is 2.40. The first kappa shape index (κ1) is 14.9. The van der Waals surface area contributed by atoms with Gasteiger partial charge in [-0.15, -0.1) is 12.4 Å². The summed E-state index contributed by atoms with van der Waals surface area (Å²) in [7, 11) is 1.95. The van der Waals surface area contributed by atoms with E-state index in [1.165, 1.54) is 11.1 Å². The van der Waals surface area contributed by atoms with Crippen LogP contribution in [0.3, 0.4) is 0 Å². The number of nitrogens with one attached hydrogen (secondary N) is 1. The van der Waals surface area contributed by atoms with Gasteiger partial charge in [0.15, 0.2) is 0 Å². The van der Waals surface area contributed by atoms with Gasteiger partial charge in [0, 0.05) is 18.3 Å². The molecular weight excluding hydrogens is 274 g/mol. The number of likely N-dealkylation sites (N-methyl/N-ethyl adjacent to an activating group) is 1. The van der Waals surface area contributed by atoms with E-state index in [0.29, 0.717) is 0 Å². The Morgan fingerprint density at radius 1 is 1.35 bits per heavy atom. The summed E-state index contributed by atoms with van der Waals surface area (Å²) in [5, 5.41) is 11.3. The van der Waals surface area contributed by atoms with Crippen molar-refractivity contribution >= 4 is 12.4 Å². The normalized spacial score (nSPS) is 17.1. The van der Waals surface area contributed by atoms with Gasteiger partial charge in [0.25, 0.3) is 0 Å². The Morgan fingerprint density at radius 2 is 2.25 bits per heavy atom. The fourth-order valence-electron chi connectivity index (χ4n) is 2.51. The molecule has 106 valence electrons. The van der Waals surface area contributed by atoms with Gasteiger partial charge >= 0.3 is 0 Å². The molecule has 1 N–H and O–H groups in total. The van der Waals surface area contributed by atoms with Crippen LogP contribution in [0.15, 0.2) is 36.5 Å². The van der Waals surface area contributed by atoms with Gasteiger partial charge in [-0.1, -0.05) is 12.1 Å². The average molecular weight is 292 g/mol. The zero-order chi connectivity index (χ0) is 13.1. The lowest BCUT2D eigenvalue weighted by molar-refractivity contribution is 0.0439. The topological polar surface area (TPSA) is 47.0 Å². The lowest BCUT2D eigenvalue weighted by atomic mass is 9.94. The summed E-state index contributed by atoms with van der Waals surface area (Å²) in [5.41, 5.74) is 4.68. The molecule has 0 radical (unpaired) electrons. The summed E-state index contributed by atoms with van der Waals surface area (Å²) in [6.45, 7) is 1.63. The first-order valence-corrected chi connectivity index (χ1v) is 6.55. The highest BCUT2D eigenvalue weighted by molar-refractivity contribution is 5.85. The third-order valence-corrected chi connectivity index (χ3v) is 3.44. The van der Waals surface area contributed by atoms with E-state index < -0.39 is 0 Å². The number of hydrogen-bond acceptors (Lipinski definition) is 4. The molecule has 0 spiro atoms. The van der Waals surface area contributed by atoms with Gasteiger partial charge in [0.2, 0.25) is 0 Å². The number of halogens is 1. The zero-order valence-corrected chi connectivity index (χ0v) is 12.2. The summed E-state index contributed by atoms with van der Waals surface area (Å²) in [5.74, 6) is 0. The van der Waals surface area contributed by atoms with Crippen molar-refractivity contribution < 1.29 is 4.74 Å². The van der Waals surface area contributed by atoms with E-state index in [1.54, 1.807) is 6.20 Å². The van der Waals surface area contributed by atoms with E-state index in [0.717, 1.165) is 30.8 Å². The molecule has 2 heterocycles. The molecule has 1 aliphatic rings. The minimum atomic E-state index is 0. The molecule has 20 heavy (non-hydrogen) atoms. The van der Waals surface area contributed by atoms with Crippen LogP contribution in [0.4, 0.5) is 0 Å². The van der Waals surface area contributed by atoms with Crippen molar-refractivity contribution in [3.63, 3.8) is 0 Å². The smallest absolute Gasteiger partial charge is 0.0951 e. The molecule has 1 aliphatic heterocycles. The number of rotatable bonds is 3. The summed E-state index contributed by atoms with van der Waals surface area (Å²) in [6, 6.07) is 10.4. The first-order valence-electron chi connectivity index (χ1n) is 6.55. The molecule has 1 aromatic heterocycles. The minimum Gasteiger partial charge on any atom is -0.372 e. The molecule has 0 saturated heterocycles. The van der Waals surface area contributed by atoms with Crippen LogP contribution in [0.1, 0.15) is 17.2 Å². The lowest BCUT2D eigenvalue weighted by Gasteiger charge is -2.26. The SMILES string of the molecule is CNC[C@H]1OCCc2cc(-c3cccnn3)ccc21.Cl.